The molecule has 4 N–H and O–H groups in total. The van der Waals surface area contributed by atoms with Crippen molar-refractivity contribution in [2.45, 2.75) is 32.1 Å². The Labute approximate surface area is 149 Å². The molecule has 6 nitrogen and oxygen atoms in total. The minimum Gasteiger partial charge on any atom is -0.481 e. The van der Waals surface area contributed by atoms with Crippen molar-refractivity contribution in [3.8, 4) is 0 Å². The number of nitrogens with one attached hydrogen (secondary N) is 1. The van der Waals surface area contributed by atoms with Gasteiger partial charge in [-0.3, -0.25) is 14.4 Å². The quantitative estimate of drug-likeness (QED) is 0.715. The summed E-state index contributed by atoms with van der Waals surface area (Å²) in [5.41, 5.74) is 6.90. The molecule has 1 aromatic heterocycles. The maximum atomic E-state index is 12.9. The minimum atomic E-state index is -0.928. The molecule has 0 unspecified atom stereocenters. The smallest absolute Gasteiger partial charge is 0.307 e. The van der Waals surface area contributed by atoms with Crippen LogP contribution in [0.15, 0.2) is 12.2 Å². The highest BCUT2D eigenvalue weighted by Gasteiger charge is 2.48. The third kappa shape index (κ3) is 2.57. The number of hydrogen-bond donors (Lipinski definition) is 3. The molecule has 0 radical (unpaired) electrons. The molecule has 4 aliphatic carbocycles. The molecule has 1 aromatic rings. The standard InChI is InChI=1S/C18H20N2O4S/c19-15(21)14-10-2-1-3-11(10)25-17(14)20-16(22)12-8-4-6-9(7-5-8)13(12)18(23)24/h4,6,8-9,12-13H,1-3,5,7H2,(H2,19,21)(H,20,22)(H,23,24)/t8-,9-,12+,13+/m0/s1. The molecule has 2 amide bonds. The van der Waals surface area contributed by atoms with E-state index in [0.717, 1.165) is 42.5 Å². The van der Waals surface area contributed by atoms with Gasteiger partial charge in [-0.2, -0.15) is 0 Å². The number of aliphatic carboxylic acids is 1. The summed E-state index contributed by atoms with van der Waals surface area (Å²) in [4.78, 5) is 37.6. The van der Waals surface area contributed by atoms with Crippen LogP contribution in [-0.4, -0.2) is 22.9 Å². The number of rotatable bonds is 4. The van der Waals surface area contributed by atoms with Crippen LogP contribution >= 0.6 is 11.3 Å². The number of fused-ring (bicyclic) bond motifs is 3. The highest BCUT2D eigenvalue weighted by atomic mass is 32.1. The topological polar surface area (TPSA) is 109 Å². The van der Waals surface area contributed by atoms with E-state index in [4.69, 9.17) is 5.73 Å². The lowest BCUT2D eigenvalue weighted by atomic mass is 9.62. The number of carbonyl (C=O) groups is 3. The average Bonchev–Trinajstić information content (AvgIpc) is 3.14. The van der Waals surface area contributed by atoms with Gasteiger partial charge in [0.05, 0.1) is 17.4 Å². The Morgan fingerprint density at radius 1 is 1.12 bits per heavy atom. The summed E-state index contributed by atoms with van der Waals surface area (Å²) in [7, 11) is 0. The second kappa shape index (κ2) is 5.98. The van der Waals surface area contributed by atoms with E-state index in [0.29, 0.717) is 10.6 Å². The van der Waals surface area contributed by atoms with Crippen LogP contribution in [0.4, 0.5) is 5.00 Å². The summed E-state index contributed by atoms with van der Waals surface area (Å²) in [5, 5.41) is 12.9. The number of anilines is 1. The predicted molar refractivity (Wildman–Crippen MR) is 93.5 cm³/mol. The molecule has 0 spiro atoms. The van der Waals surface area contributed by atoms with E-state index in [1.165, 1.54) is 11.3 Å². The van der Waals surface area contributed by atoms with Gasteiger partial charge in [0.25, 0.3) is 5.91 Å². The SMILES string of the molecule is NC(=O)c1c(NC(=O)[C@H]2[C@H](C(=O)O)[C@H]3C=C[C@H]2CC3)sc2c1CCC2. The molecule has 1 heterocycles. The molecule has 0 saturated heterocycles. The Morgan fingerprint density at radius 3 is 2.40 bits per heavy atom. The van der Waals surface area contributed by atoms with Gasteiger partial charge in [0, 0.05) is 4.88 Å². The van der Waals surface area contributed by atoms with Crippen LogP contribution in [0, 0.1) is 23.7 Å². The summed E-state index contributed by atoms with van der Waals surface area (Å²) in [6.07, 6.45) is 8.23. The molecule has 5 rings (SSSR count). The number of allylic oxidation sites excluding steroid dienone is 2. The van der Waals surface area contributed by atoms with E-state index in [-0.39, 0.29) is 17.7 Å². The minimum absolute atomic E-state index is 0.0602. The van der Waals surface area contributed by atoms with Crippen LogP contribution in [0.2, 0.25) is 0 Å². The van der Waals surface area contributed by atoms with Crippen molar-refractivity contribution in [3.63, 3.8) is 0 Å². The lowest BCUT2D eigenvalue weighted by Crippen LogP contribution is -2.47. The first-order valence-corrected chi connectivity index (χ1v) is 9.45. The van der Waals surface area contributed by atoms with Crippen molar-refractivity contribution in [3.05, 3.63) is 28.2 Å². The number of carboxylic acids is 1. The fourth-order valence-electron chi connectivity index (χ4n) is 4.64. The van der Waals surface area contributed by atoms with Crippen molar-refractivity contribution in [2.24, 2.45) is 29.4 Å². The number of aryl methyl sites for hydroxylation is 1. The summed E-state index contributed by atoms with van der Waals surface area (Å²) in [5.74, 6) is -3.23. The van der Waals surface area contributed by atoms with Crippen molar-refractivity contribution in [2.75, 3.05) is 5.32 Å². The number of carbonyl (C=O) groups excluding carboxylic acids is 2. The number of hydrogen-bond acceptors (Lipinski definition) is 4. The molecule has 1 fully saturated rings. The first kappa shape index (κ1) is 16.3. The van der Waals surface area contributed by atoms with E-state index in [2.05, 4.69) is 5.32 Å². The Kier molecular flexibility index (Phi) is 3.91. The average molecular weight is 360 g/mol. The first-order valence-electron chi connectivity index (χ1n) is 8.63. The monoisotopic (exact) mass is 360 g/mol. The van der Waals surface area contributed by atoms with Crippen LogP contribution in [0.1, 0.15) is 40.1 Å². The maximum absolute atomic E-state index is 12.9. The fourth-order valence-corrected chi connectivity index (χ4v) is 5.93. The van der Waals surface area contributed by atoms with Gasteiger partial charge in [0.15, 0.2) is 0 Å². The van der Waals surface area contributed by atoms with E-state index < -0.39 is 23.7 Å². The van der Waals surface area contributed by atoms with Crippen molar-refractivity contribution < 1.29 is 19.5 Å². The van der Waals surface area contributed by atoms with E-state index in [1.807, 2.05) is 12.2 Å². The second-order valence-electron chi connectivity index (χ2n) is 7.09. The lowest BCUT2D eigenvalue weighted by molar-refractivity contribution is -0.151. The van der Waals surface area contributed by atoms with Gasteiger partial charge in [0.1, 0.15) is 5.00 Å². The lowest BCUT2D eigenvalue weighted by Gasteiger charge is -2.41. The molecule has 0 aliphatic heterocycles. The molecule has 4 atom stereocenters. The third-order valence-corrected chi connectivity index (χ3v) is 6.95. The van der Waals surface area contributed by atoms with Crippen molar-refractivity contribution in [1.29, 1.82) is 0 Å². The highest BCUT2D eigenvalue weighted by molar-refractivity contribution is 7.17. The zero-order valence-corrected chi connectivity index (χ0v) is 14.5. The Bertz CT molecular complexity index is 797. The number of carboxylic acid groups (broad SMARTS) is 1. The molecule has 1 saturated carbocycles. The Balaban J connectivity index is 1.63. The fraction of sp³-hybridized carbons (Fsp3) is 0.500. The molecular formula is C18H20N2O4S. The van der Waals surface area contributed by atoms with E-state index in [1.54, 1.807) is 0 Å². The second-order valence-corrected chi connectivity index (χ2v) is 8.20. The molecule has 4 aliphatic rings. The van der Waals surface area contributed by atoms with Crippen LogP contribution < -0.4 is 11.1 Å². The predicted octanol–water partition coefficient (Wildman–Crippen LogP) is 2.19. The maximum Gasteiger partial charge on any atom is 0.307 e. The molecule has 2 bridgehead atoms. The summed E-state index contributed by atoms with van der Waals surface area (Å²) in [6.45, 7) is 0. The van der Waals surface area contributed by atoms with Gasteiger partial charge in [-0.15, -0.1) is 11.3 Å². The zero-order valence-electron chi connectivity index (χ0n) is 13.7. The summed E-state index contributed by atoms with van der Waals surface area (Å²) in [6, 6.07) is 0. The van der Waals surface area contributed by atoms with Gasteiger partial charge in [-0.25, -0.2) is 0 Å². The Hall–Kier alpha value is -2.15. The normalized spacial score (nSPS) is 29.4. The summed E-state index contributed by atoms with van der Waals surface area (Å²) >= 11 is 1.40. The highest BCUT2D eigenvalue weighted by Crippen LogP contribution is 2.46. The van der Waals surface area contributed by atoms with Gasteiger partial charge in [-0.05, 0) is 49.5 Å². The van der Waals surface area contributed by atoms with E-state index in [9.17, 15) is 19.5 Å². The largest absolute Gasteiger partial charge is 0.481 e. The van der Waals surface area contributed by atoms with Crippen LogP contribution in [0.3, 0.4) is 0 Å². The zero-order chi connectivity index (χ0) is 17.7. The molecule has 132 valence electrons. The third-order valence-electron chi connectivity index (χ3n) is 5.74. The van der Waals surface area contributed by atoms with Crippen molar-refractivity contribution in [1.82, 2.24) is 0 Å². The molecule has 0 aromatic carbocycles. The van der Waals surface area contributed by atoms with Crippen LogP contribution in [-0.2, 0) is 22.4 Å². The van der Waals surface area contributed by atoms with Gasteiger partial charge < -0.3 is 16.2 Å². The first-order chi connectivity index (χ1) is 12.0. The number of nitrogens with two attached hydrogens (primary N) is 1. The number of amides is 2. The van der Waals surface area contributed by atoms with Crippen LogP contribution in [0.5, 0.6) is 0 Å². The van der Waals surface area contributed by atoms with E-state index >= 15 is 0 Å². The van der Waals surface area contributed by atoms with Crippen molar-refractivity contribution >= 4 is 34.1 Å². The van der Waals surface area contributed by atoms with Gasteiger partial charge in [-0.1, -0.05) is 12.2 Å². The molecular weight excluding hydrogens is 340 g/mol. The molecule has 7 heteroatoms. The van der Waals surface area contributed by atoms with Gasteiger partial charge in [0.2, 0.25) is 5.91 Å². The molecule has 25 heavy (non-hydrogen) atoms. The number of thiophene rings is 1. The Morgan fingerprint density at radius 2 is 1.80 bits per heavy atom. The van der Waals surface area contributed by atoms with Gasteiger partial charge >= 0.3 is 5.97 Å². The van der Waals surface area contributed by atoms with Crippen LogP contribution in [0.25, 0.3) is 0 Å². The number of primary amides is 1. The summed E-state index contributed by atoms with van der Waals surface area (Å²) < 4.78 is 0.